The summed E-state index contributed by atoms with van der Waals surface area (Å²) in [5.74, 6) is 0.819. The fourth-order valence-electron chi connectivity index (χ4n) is 2.60. The van der Waals surface area contributed by atoms with Gasteiger partial charge < -0.3 is 14.6 Å². The van der Waals surface area contributed by atoms with Gasteiger partial charge in [0.1, 0.15) is 12.4 Å². The van der Waals surface area contributed by atoms with Crippen LogP contribution in [0.3, 0.4) is 0 Å². The zero-order valence-corrected chi connectivity index (χ0v) is 12.3. The van der Waals surface area contributed by atoms with Crippen LogP contribution in [0.5, 0.6) is 5.75 Å². The van der Waals surface area contributed by atoms with Gasteiger partial charge in [-0.05, 0) is 23.6 Å². The molecule has 1 N–H and O–H groups in total. The molecule has 0 spiro atoms. The zero-order chi connectivity index (χ0) is 16.0. The van der Waals surface area contributed by atoms with Crippen molar-refractivity contribution >= 4 is 16.6 Å². The average molecular weight is 312 g/mol. The second-order valence-electron chi connectivity index (χ2n) is 5.33. The molecule has 0 atom stereocenters. The lowest BCUT2D eigenvalue weighted by Gasteiger charge is -2.18. The Morgan fingerprint density at radius 2 is 2.26 bits per heavy atom. The number of hydrogen-bond acceptors (Lipinski definition) is 5. The van der Waals surface area contributed by atoms with Crippen molar-refractivity contribution < 1.29 is 9.13 Å². The van der Waals surface area contributed by atoms with Gasteiger partial charge in [0, 0.05) is 13.2 Å². The Bertz CT molecular complexity index is 984. The van der Waals surface area contributed by atoms with Crippen LogP contribution < -0.4 is 15.6 Å². The van der Waals surface area contributed by atoms with Gasteiger partial charge >= 0.3 is 0 Å². The van der Waals surface area contributed by atoms with Gasteiger partial charge in [-0.15, -0.1) is 0 Å². The van der Waals surface area contributed by atoms with Crippen molar-refractivity contribution in [1.29, 1.82) is 0 Å². The van der Waals surface area contributed by atoms with Gasteiger partial charge in [-0.25, -0.2) is 14.4 Å². The third-order valence-corrected chi connectivity index (χ3v) is 3.82. The first-order chi connectivity index (χ1) is 11.1. The number of ether oxygens (including phenoxy) is 1. The highest BCUT2D eigenvalue weighted by Gasteiger charge is 2.16. The number of nitrogens with one attached hydrogen (secondary N) is 1. The lowest BCUT2D eigenvalue weighted by molar-refractivity contribution is 0.320. The largest absolute Gasteiger partial charge is 0.486 e. The van der Waals surface area contributed by atoms with Crippen LogP contribution >= 0.6 is 0 Å². The Morgan fingerprint density at radius 3 is 3.13 bits per heavy atom. The van der Waals surface area contributed by atoms with Gasteiger partial charge in [-0.2, -0.15) is 0 Å². The van der Waals surface area contributed by atoms with Crippen LogP contribution in [0.25, 0.3) is 22.2 Å². The van der Waals surface area contributed by atoms with Gasteiger partial charge in [0.25, 0.3) is 5.56 Å². The monoisotopic (exact) mass is 312 g/mol. The molecule has 0 aliphatic carbocycles. The normalized spacial score (nSPS) is 13.3. The molecule has 2 aromatic heterocycles. The number of nitrogens with zero attached hydrogens (tertiary/aromatic N) is 3. The maximum absolute atomic E-state index is 14.5. The molecule has 3 heterocycles. The highest BCUT2D eigenvalue weighted by molar-refractivity contribution is 5.86. The predicted octanol–water partition coefficient (Wildman–Crippen LogP) is 1.94. The van der Waals surface area contributed by atoms with Gasteiger partial charge in [0.15, 0.2) is 17.4 Å². The minimum absolute atomic E-state index is 0.241. The summed E-state index contributed by atoms with van der Waals surface area (Å²) >= 11 is 0. The van der Waals surface area contributed by atoms with Crippen molar-refractivity contribution in [2.75, 3.05) is 18.5 Å². The number of pyridine rings is 1. The number of aromatic nitrogens is 3. The Balaban J connectivity index is 1.90. The van der Waals surface area contributed by atoms with Gasteiger partial charge in [-0.3, -0.25) is 4.79 Å². The summed E-state index contributed by atoms with van der Waals surface area (Å²) < 4.78 is 21.3. The fourth-order valence-corrected chi connectivity index (χ4v) is 2.60. The lowest BCUT2D eigenvalue weighted by atomic mass is 10.1. The maximum atomic E-state index is 14.5. The van der Waals surface area contributed by atoms with Crippen molar-refractivity contribution in [2.45, 2.75) is 0 Å². The van der Waals surface area contributed by atoms with Crippen LogP contribution in [-0.4, -0.2) is 27.7 Å². The molecule has 0 saturated carbocycles. The number of aryl methyl sites for hydroxylation is 1. The van der Waals surface area contributed by atoms with Gasteiger partial charge in [-0.1, -0.05) is 0 Å². The summed E-state index contributed by atoms with van der Waals surface area (Å²) in [6.07, 6.45) is 3.17. The van der Waals surface area contributed by atoms with Gasteiger partial charge in [0.05, 0.1) is 23.7 Å². The molecule has 0 unspecified atom stereocenters. The van der Waals surface area contributed by atoms with Crippen molar-refractivity contribution in [1.82, 2.24) is 14.5 Å². The number of anilines is 1. The summed E-state index contributed by atoms with van der Waals surface area (Å²) in [6, 6.07) is 4.59. The van der Waals surface area contributed by atoms with Gasteiger partial charge in [0.2, 0.25) is 0 Å². The van der Waals surface area contributed by atoms with Crippen molar-refractivity contribution in [3.05, 3.63) is 46.8 Å². The van der Waals surface area contributed by atoms with E-state index in [0.717, 1.165) is 0 Å². The summed E-state index contributed by atoms with van der Waals surface area (Å²) in [7, 11) is 1.63. The molecular formula is C16H13FN4O2. The fraction of sp³-hybridized carbons (Fsp3) is 0.188. The molecule has 1 aliphatic heterocycles. The Hall–Kier alpha value is -2.96. The van der Waals surface area contributed by atoms with Crippen LogP contribution in [0.4, 0.5) is 10.2 Å². The third kappa shape index (κ3) is 2.21. The van der Waals surface area contributed by atoms with Crippen LogP contribution in [-0.2, 0) is 7.05 Å². The van der Waals surface area contributed by atoms with E-state index in [1.54, 1.807) is 25.4 Å². The smallest absolute Gasteiger partial charge is 0.258 e. The summed E-state index contributed by atoms with van der Waals surface area (Å²) in [4.78, 5) is 20.5. The molecule has 0 bridgehead atoms. The van der Waals surface area contributed by atoms with Crippen LogP contribution in [0.2, 0.25) is 0 Å². The molecule has 0 saturated heterocycles. The number of fused-ring (bicyclic) bond motifs is 2. The zero-order valence-electron chi connectivity index (χ0n) is 12.3. The summed E-state index contributed by atoms with van der Waals surface area (Å²) in [6.45, 7) is 1.18. The second kappa shape index (κ2) is 5.05. The molecule has 116 valence electrons. The van der Waals surface area contributed by atoms with E-state index >= 15 is 0 Å². The Labute approximate surface area is 130 Å². The van der Waals surface area contributed by atoms with E-state index in [9.17, 15) is 9.18 Å². The molecular weight excluding hydrogens is 299 g/mol. The van der Waals surface area contributed by atoms with Crippen molar-refractivity contribution in [3.63, 3.8) is 0 Å². The SMILES string of the molecule is Cn1ccc2cc(-c3ncc4c(n3)NCCO4)c(F)cc2c1=O. The van der Waals surface area contributed by atoms with Crippen LogP contribution in [0, 0.1) is 5.82 Å². The first-order valence-corrected chi connectivity index (χ1v) is 7.16. The van der Waals surface area contributed by atoms with E-state index in [0.29, 0.717) is 35.5 Å². The summed E-state index contributed by atoms with van der Waals surface area (Å²) in [5.41, 5.74) is 0.00954. The molecule has 7 heteroatoms. The Kier molecular flexibility index (Phi) is 3.00. The standard InChI is InChI=1S/C16H13FN4O2/c1-21-4-2-9-6-11(12(17)7-10(9)16(21)22)14-19-8-13-15(20-14)18-3-5-23-13/h2,4,6-8H,3,5H2,1H3,(H,18,19,20). The highest BCUT2D eigenvalue weighted by atomic mass is 19.1. The first kappa shape index (κ1) is 13.7. The van der Waals surface area contributed by atoms with E-state index in [-0.39, 0.29) is 16.9 Å². The molecule has 23 heavy (non-hydrogen) atoms. The number of rotatable bonds is 1. The third-order valence-electron chi connectivity index (χ3n) is 3.82. The molecule has 1 aromatic carbocycles. The number of halogens is 1. The van der Waals surface area contributed by atoms with E-state index < -0.39 is 5.82 Å². The molecule has 6 nitrogen and oxygen atoms in total. The number of benzene rings is 1. The van der Waals surface area contributed by atoms with E-state index in [1.165, 1.54) is 16.8 Å². The Morgan fingerprint density at radius 1 is 1.39 bits per heavy atom. The average Bonchev–Trinajstić information content (AvgIpc) is 2.58. The van der Waals surface area contributed by atoms with Crippen LogP contribution in [0.15, 0.2) is 35.4 Å². The molecule has 0 amide bonds. The molecule has 3 aromatic rings. The predicted molar refractivity (Wildman–Crippen MR) is 84.2 cm³/mol. The highest BCUT2D eigenvalue weighted by Crippen LogP contribution is 2.29. The molecule has 4 rings (SSSR count). The van der Waals surface area contributed by atoms with E-state index in [4.69, 9.17) is 4.74 Å². The summed E-state index contributed by atoms with van der Waals surface area (Å²) in [5, 5.41) is 4.07. The molecule has 0 fully saturated rings. The number of hydrogen-bond donors (Lipinski definition) is 1. The first-order valence-electron chi connectivity index (χ1n) is 7.16. The maximum Gasteiger partial charge on any atom is 0.258 e. The van der Waals surface area contributed by atoms with Crippen LogP contribution in [0.1, 0.15) is 0 Å². The second-order valence-corrected chi connectivity index (χ2v) is 5.33. The lowest BCUT2D eigenvalue weighted by Crippen LogP contribution is -2.19. The topological polar surface area (TPSA) is 69.0 Å². The van der Waals surface area contributed by atoms with Crippen molar-refractivity contribution in [3.8, 4) is 17.1 Å². The van der Waals surface area contributed by atoms with Crippen molar-refractivity contribution in [2.24, 2.45) is 7.05 Å². The van der Waals surface area contributed by atoms with E-state index in [2.05, 4.69) is 15.3 Å². The van der Waals surface area contributed by atoms with E-state index in [1.807, 2.05) is 0 Å². The minimum Gasteiger partial charge on any atom is -0.486 e. The molecule has 0 radical (unpaired) electrons. The molecule has 1 aliphatic rings. The quantitative estimate of drug-likeness (QED) is 0.743. The minimum atomic E-state index is -0.530.